The third-order valence-electron chi connectivity index (χ3n) is 4.97. The maximum Gasteiger partial charge on any atom is 0.296 e. The number of rotatable bonds is 5. The van der Waals surface area contributed by atoms with Gasteiger partial charge in [-0.25, -0.2) is 20.0 Å². The largest absolute Gasteiger partial charge is 0.316 e. The van der Waals surface area contributed by atoms with Gasteiger partial charge in [0.05, 0.1) is 25.8 Å². The summed E-state index contributed by atoms with van der Waals surface area (Å²) in [5.41, 5.74) is 1.23. The zero-order valence-electron chi connectivity index (χ0n) is 16.3. The number of nitrogens with zero attached hydrogens (tertiary/aromatic N) is 6. The molecule has 2 aliphatic heterocycles. The molecule has 2 aromatic rings. The number of thiazole rings is 1. The summed E-state index contributed by atoms with van der Waals surface area (Å²) in [5.74, 6) is 1.44. The summed E-state index contributed by atoms with van der Waals surface area (Å²) in [6, 6.07) is 4.09. The summed E-state index contributed by atoms with van der Waals surface area (Å²) < 4.78 is 0. The Kier molecular flexibility index (Phi) is 5.99. The van der Waals surface area contributed by atoms with Crippen LogP contribution in [0.5, 0.6) is 0 Å². The summed E-state index contributed by atoms with van der Waals surface area (Å²) in [5, 5.41) is 15.9. The molecule has 152 valence electrons. The van der Waals surface area contributed by atoms with Crippen LogP contribution < -0.4 is 5.32 Å². The van der Waals surface area contributed by atoms with Gasteiger partial charge < -0.3 is 5.32 Å². The molecule has 1 atom stereocenters. The Bertz CT molecular complexity index is 920. The number of aryl methyl sites for hydroxylation is 1. The Morgan fingerprint density at radius 1 is 1.38 bits per heavy atom. The lowest BCUT2D eigenvalue weighted by Crippen LogP contribution is -2.35. The molecule has 0 unspecified atom stereocenters. The number of nitrogens with one attached hydrogen (secondary N) is 1. The second-order valence-electron chi connectivity index (χ2n) is 7.24. The van der Waals surface area contributed by atoms with Crippen LogP contribution >= 0.6 is 11.3 Å². The topological polar surface area (TPSA) is 107 Å². The van der Waals surface area contributed by atoms with Crippen molar-refractivity contribution in [2.45, 2.75) is 32.1 Å². The van der Waals surface area contributed by atoms with Crippen molar-refractivity contribution in [3.63, 3.8) is 0 Å². The summed E-state index contributed by atoms with van der Waals surface area (Å²) in [7, 11) is 0. The van der Waals surface area contributed by atoms with Crippen molar-refractivity contribution < 1.29 is 9.63 Å². The van der Waals surface area contributed by atoms with E-state index in [0.717, 1.165) is 43.9 Å². The number of carbonyl (C=O) groups is 1. The fourth-order valence-corrected chi connectivity index (χ4v) is 4.31. The van der Waals surface area contributed by atoms with Gasteiger partial charge in [0.2, 0.25) is 0 Å². The van der Waals surface area contributed by atoms with Crippen LogP contribution in [-0.2, 0) is 4.84 Å². The number of amides is 1. The highest BCUT2D eigenvalue weighted by Gasteiger charge is 2.25. The molecule has 2 aromatic heterocycles. The maximum atomic E-state index is 12.4. The minimum atomic E-state index is -0.217. The predicted octanol–water partition coefficient (Wildman–Crippen LogP) is 2.47. The first-order chi connectivity index (χ1) is 14.1. The molecule has 2 fully saturated rings. The maximum absolute atomic E-state index is 12.4. The monoisotopic (exact) mass is 413 g/mol. The third-order valence-corrected chi connectivity index (χ3v) is 5.73. The number of hydrogen-bond donors (Lipinski definition) is 1. The third kappa shape index (κ3) is 4.70. The van der Waals surface area contributed by atoms with E-state index < -0.39 is 0 Å². The molecule has 2 aliphatic rings. The number of likely N-dealkylation sites (tertiary alicyclic amines) is 1. The van der Waals surface area contributed by atoms with E-state index in [1.54, 1.807) is 5.38 Å². The molecule has 0 aromatic carbocycles. The first-order valence-electron chi connectivity index (χ1n) is 9.74. The number of anilines is 2. The quantitative estimate of drug-likeness (QED) is 0.745. The molecular formula is C19H23N7O2S. The molecule has 0 bridgehead atoms. The van der Waals surface area contributed by atoms with E-state index in [1.807, 2.05) is 13.0 Å². The normalized spacial score (nSPS) is 19.9. The zero-order chi connectivity index (χ0) is 20.2. The smallest absolute Gasteiger partial charge is 0.296 e. The van der Waals surface area contributed by atoms with Crippen LogP contribution in [0.2, 0.25) is 0 Å². The highest BCUT2D eigenvalue weighted by molar-refractivity contribution is 7.14. The summed E-state index contributed by atoms with van der Waals surface area (Å²) in [6.07, 6.45) is 2.89. The number of carbonyl (C=O) groups excluding carboxylic acids is 1. The van der Waals surface area contributed by atoms with E-state index in [-0.39, 0.29) is 11.8 Å². The zero-order valence-corrected chi connectivity index (χ0v) is 17.1. The molecule has 1 amide bonds. The number of nitriles is 1. The van der Waals surface area contributed by atoms with Crippen LogP contribution in [0.25, 0.3) is 0 Å². The average Bonchev–Trinajstić information content (AvgIpc) is 3.40. The van der Waals surface area contributed by atoms with Crippen molar-refractivity contribution in [3.8, 4) is 6.07 Å². The summed E-state index contributed by atoms with van der Waals surface area (Å²) in [6.45, 7) is 5.27. The van der Waals surface area contributed by atoms with Crippen LogP contribution in [-0.4, -0.2) is 63.6 Å². The average molecular weight is 414 g/mol. The summed E-state index contributed by atoms with van der Waals surface area (Å²) in [4.78, 5) is 33.5. The standard InChI is InChI=1S/C19H23N7O2S/c1-13-10-16(23-17(21-13)14-4-2-6-25(11-14)8-5-20)24-19-22-15(12-29-19)18(27)26-7-3-9-28-26/h10,12,14H,2-4,6-9,11H2,1H3,(H,21,22,23,24)/t14-/m1/s1. The second-order valence-corrected chi connectivity index (χ2v) is 8.10. The van der Waals surface area contributed by atoms with E-state index in [0.29, 0.717) is 36.3 Å². The van der Waals surface area contributed by atoms with E-state index in [4.69, 9.17) is 15.1 Å². The fourth-order valence-electron chi connectivity index (χ4n) is 3.62. The van der Waals surface area contributed by atoms with Crippen LogP contribution in [0.4, 0.5) is 10.9 Å². The number of hydrogen-bond acceptors (Lipinski definition) is 9. The highest BCUT2D eigenvalue weighted by Crippen LogP contribution is 2.27. The first kappa shape index (κ1) is 19.7. The lowest BCUT2D eigenvalue weighted by atomic mass is 9.97. The Morgan fingerprint density at radius 3 is 3.07 bits per heavy atom. The Morgan fingerprint density at radius 2 is 2.28 bits per heavy atom. The van der Waals surface area contributed by atoms with Crippen molar-refractivity contribution in [2.75, 3.05) is 38.1 Å². The van der Waals surface area contributed by atoms with Crippen molar-refractivity contribution in [3.05, 3.63) is 28.7 Å². The minimum Gasteiger partial charge on any atom is -0.316 e. The van der Waals surface area contributed by atoms with E-state index in [1.165, 1.54) is 16.4 Å². The second kappa shape index (κ2) is 8.82. The summed E-state index contributed by atoms with van der Waals surface area (Å²) >= 11 is 1.36. The van der Waals surface area contributed by atoms with Crippen LogP contribution in [0.3, 0.4) is 0 Å². The van der Waals surface area contributed by atoms with E-state index in [2.05, 4.69) is 26.3 Å². The predicted molar refractivity (Wildman–Crippen MR) is 108 cm³/mol. The molecule has 4 heterocycles. The van der Waals surface area contributed by atoms with Crippen LogP contribution in [0.15, 0.2) is 11.4 Å². The Balaban J connectivity index is 1.47. The van der Waals surface area contributed by atoms with Crippen LogP contribution in [0, 0.1) is 18.3 Å². The van der Waals surface area contributed by atoms with Crippen molar-refractivity contribution in [1.82, 2.24) is 24.9 Å². The van der Waals surface area contributed by atoms with Gasteiger partial charge in [0, 0.05) is 29.6 Å². The molecule has 9 nitrogen and oxygen atoms in total. The van der Waals surface area contributed by atoms with Crippen LogP contribution in [0.1, 0.15) is 47.2 Å². The number of piperidine rings is 1. The molecule has 4 rings (SSSR count). The van der Waals surface area contributed by atoms with Crippen molar-refractivity contribution in [1.29, 1.82) is 5.26 Å². The van der Waals surface area contributed by atoms with E-state index >= 15 is 0 Å². The SMILES string of the molecule is Cc1cc(Nc2nc(C(=O)N3CCCO3)cs2)nc([C@@H]2CCCN(CC#N)C2)n1. The molecule has 2 saturated heterocycles. The van der Waals surface area contributed by atoms with Gasteiger partial charge in [-0.1, -0.05) is 0 Å². The molecule has 10 heteroatoms. The number of hydroxylamine groups is 2. The first-order valence-corrected chi connectivity index (χ1v) is 10.6. The number of aromatic nitrogens is 3. The van der Waals surface area contributed by atoms with Gasteiger partial charge >= 0.3 is 0 Å². The molecule has 0 radical (unpaired) electrons. The Labute approximate surface area is 173 Å². The highest BCUT2D eigenvalue weighted by atomic mass is 32.1. The van der Waals surface area contributed by atoms with Crippen molar-refractivity contribution >= 4 is 28.2 Å². The van der Waals surface area contributed by atoms with Gasteiger partial charge in [-0.3, -0.25) is 14.5 Å². The van der Waals surface area contributed by atoms with Gasteiger partial charge in [0.1, 0.15) is 17.3 Å². The molecule has 1 N–H and O–H groups in total. The van der Waals surface area contributed by atoms with E-state index in [9.17, 15) is 4.79 Å². The lowest BCUT2D eigenvalue weighted by molar-refractivity contribution is -0.0771. The molecular weight excluding hydrogens is 390 g/mol. The van der Waals surface area contributed by atoms with Gasteiger partial charge in [-0.2, -0.15) is 5.26 Å². The fraction of sp³-hybridized carbons (Fsp3) is 0.526. The minimum absolute atomic E-state index is 0.207. The Hall–Kier alpha value is -2.61. The van der Waals surface area contributed by atoms with Gasteiger partial charge in [0.15, 0.2) is 5.13 Å². The molecule has 0 saturated carbocycles. The van der Waals surface area contributed by atoms with Gasteiger partial charge in [-0.05, 0) is 32.7 Å². The molecule has 0 aliphatic carbocycles. The molecule has 29 heavy (non-hydrogen) atoms. The van der Waals surface area contributed by atoms with Gasteiger partial charge in [-0.15, -0.1) is 11.3 Å². The van der Waals surface area contributed by atoms with Gasteiger partial charge in [0.25, 0.3) is 5.91 Å². The molecule has 0 spiro atoms. The lowest BCUT2D eigenvalue weighted by Gasteiger charge is -2.30. The van der Waals surface area contributed by atoms with Crippen molar-refractivity contribution in [2.24, 2.45) is 0 Å².